The van der Waals surface area contributed by atoms with E-state index in [-0.39, 0.29) is 0 Å². The van der Waals surface area contributed by atoms with Crippen molar-refractivity contribution in [2.24, 2.45) is 5.41 Å². The molecule has 2 amide bonds. The fraction of sp³-hybridized carbons (Fsp3) is 0.263. The van der Waals surface area contributed by atoms with Crippen LogP contribution in [0.4, 0.5) is 0 Å². The molecule has 0 saturated heterocycles. The van der Waals surface area contributed by atoms with Gasteiger partial charge in [-0.15, -0.1) is 0 Å². The maximum Gasteiger partial charge on any atom is 0.311 e. The largest absolute Gasteiger partial charge is 0.481 e. The number of aromatic nitrogens is 1. The maximum absolute atomic E-state index is 12.8. The molecule has 124 valence electrons. The summed E-state index contributed by atoms with van der Waals surface area (Å²) in [5.41, 5.74) is 0.131. The number of imide groups is 1. The molecular formula is C19H14N2O4. The summed E-state index contributed by atoms with van der Waals surface area (Å²) in [5, 5.41) is 9.75. The predicted molar refractivity (Wildman–Crippen MR) is 85.9 cm³/mol. The number of carbonyl (C=O) groups is 3. The van der Waals surface area contributed by atoms with Crippen molar-refractivity contribution in [1.29, 1.82) is 0 Å². The normalized spacial score (nSPS) is 32.0. The zero-order chi connectivity index (χ0) is 17.4. The minimum Gasteiger partial charge on any atom is -0.481 e. The highest BCUT2D eigenvalue weighted by atomic mass is 16.4. The minimum absolute atomic E-state index is 0.351. The summed E-state index contributed by atoms with van der Waals surface area (Å²) in [6.45, 7) is 0. The Morgan fingerprint density at radius 3 is 2.12 bits per heavy atom. The molecular weight excluding hydrogens is 320 g/mol. The van der Waals surface area contributed by atoms with E-state index in [0.29, 0.717) is 24.0 Å². The quantitative estimate of drug-likeness (QED) is 0.866. The summed E-state index contributed by atoms with van der Waals surface area (Å²) in [4.78, 5) is 42.8. The molecule has 1 aromatic carbocycles. The third-order valence-corrected chi connectivity index (χ3v) is 6.07. The van der Waals surface area contributed by atoms with Crippen LogP contribution in [0.5, 0.6) is 0 Å². The van der Waals surface area contributed by atoms with Gasteiger partial charge in [-0.3, -0.25) is 24.3 Å². The summed E-state index contributed by atoms with van der Waals surface area (Å²) >= 11 is 0. The standard InChI is InChI=1S/C19H14N2O4/c22-14-12-3-1-2-4-13(12)15(23)21(14)16-18(11-5-7-20-8-6-11)9-19(16,10-18)17(24)25/h1-8,16H,9-10H2,(H,24,25). The van der Waals surface area contributed by atoms with Crippen molar-refractivity contribution in [2.45, 2.75) is 24.3 Å². The summed E-state index contributed by atoms with van der Waals surface area (Å²) in [5.74, 6) is -1.73. The zero-order valence-corrected chi connectivity index (χ0v) is 13.2. The van der Waals surface area contributed by atoms with E-state index in [2.05, 4.69) is 4.98 Å². The van der Waals surface area contributed by atoms with Crippen LogP contribution in [0.3, 0.4) is 0 Å². The van der Waals surface area contributed by atoms with Gasteiger partial charge in [-0.2, -0.15) is 0 Å². The molecule has 2 heterocycles. The predicted octanol–water partition coefficient (Wildman–Crippen LogP) is 1.86. The van der Waals surface area contributed by atoms with E-state index in [4.69, 9.17) is 0 Å². The van der Waals surface area contributed by atoms with Gasteiger partial charge in [0.25, 0.3) is 11.8 Å². The van der Waals surface area contributed by atoms with Gasteiger partial charge in [0.2, 0.25) is 0 Å². The number of carbonyl (C=O) groups excluding carboxylic acids is 2. The van der Waals surface area contributed by atoms with Crippen molar-refractivity contribution in [2.75, 3.05) is 0 Å². The Bertz CT molecular complexity index is 912. The molecule has 1 unspecified atom stereocenters. The van der Waals surface area contributed by atoms with E-state index in [9.17, 15) is 19.5 Å². The zero-order valence-electron chi connectivity index (χ0n) is 13.2. The molecule has 25 heavy (non-hydrogen) atoms. The topological polar surface area (TPSA) is 87.6 Å². The number of fused-ring (bicyclic) bond motifs is 1. The number of carboxylic acids is 1. The van der Waals surface area contributed by atoms with Crippen LogP contribution < -0.4 is 0 Å². The summed E-state index contributed by atoms with van der Waals surface area (Å²) in [7, 11) is 0. The van der Waals surface area contributed by atoms with Gasteiger partial charge in [0, 0.05) is 17.8 Å². The van der Waals surface area contributed by atoms with Crippen LogP contribution >= 0.6 is 0 Å². The van der Waals surface area contributed by atoms with Gasteiger partial charge < -0.3 is 5.11 Å². The summed E-state index contributed by atoms with van der Waals surface area (Å²) in [6, 6.07) is 9.69. The smallest absolute Gasteiger partial charge is 0.311 e. The first-order valence-corrected chi connectivity index (χ1v) is 8.12. The second-order valence-corrected chi connectivity index (χ2v) is 7.14. The molecule has 0 radical (unpaired) electrons. The Hall–Kier alpha value is -3.02. The van der Waals surface area contributed by atoms with Crippen molar-refractivity contribution < 1.29 is 19.5 Å². The monoisotopic (exact) mass is 334 g/mol. The molecule has 1 atom stereocenters. The van der Waals surface area contributed by atoms with Crippen molar-refractivity contribution in [3.63, 3.8) is 0 Å². The Kier molecular flexibility index (Phi) is 2.48. The van der Waals surface area contributed by atoms with Gasteiger partial charge in [-0.25, -0.2) is 0 Å². The number of nitrogens with zero attached hydrogens (tertiary/aromatic N) is 2. The van der Waals surface area contributed by atoms with Gasteiger partial charge >= 0.3 is 5.97 Å². The van der Waals surface area contributed by atoms with E-state index in [0.717, 1.165) is 5.56 Å². The molecule has 6 heteroatoms. The number of amides is 2. The molecule has 6 nitrogen and oxygen atoms in total. The van der Waals surface area contributed by atoms with E-state index in [1.165, 1.54) is 4.90 Å². The number of carboxylic acid groups (broad SMARTS) is 1. The van der Waals surface area contributed by atoms with Crippen LogP contribution in [-0.2, 0) is 10.2 Å². The molecule has 3 fully saturated rings. The van der Waals surface area contributed by atoms with Gasteiger partial charge in [-0.05, 0) is 42.7 Å². The Balaban J connectivity index is 1.62. The highest BCUT2D eigenvalue weighted by molar-refractivity contribution is 6.22. The Morgan fingerprint density at radius 1 is 1.04 bits per heavy atom. The van der Waals surface area contributed by atoms with Crippen LogP contribution in [0, 0.1) is 5.41 Å². The third-order valence-electron chi connectivity index (χ3n) is 6.07. The molecule has 1 aliphatic heterocycles. The minimum atomic E-state index is -1.03. The van der Waals surface area contributed by atoms with Gasteiger partial charge in [0.05, 0.1) is 22.6 Å². The average molecular weight is 334 g/mol. The second-order valence-electron chi connectivity index (χ2n) is 7.14. The van der Waals surface area contributed by atoms with Crippen molar-refractivity contribution in [1.82, 2.24) is 9.88 Å². The maximum atomic E-state index is 12.8. The average Bonchev–Trinajstić information content (AvgIpc) is 2.80. The van der Waals surface area contributed by atoms with Gasteiger partial charge in [0.15, 0.2) is 0 Å². The number of pyridine rings is 1. The van der Waals surface area contributed by atoms with E-state index in [1.807, 2.05) is 12.1 Å². The molecule has 2 aromatic rings. The van der Waals surface area contributed by atoms with Crippen LogP contribution in [-0.4, -0.2) is 38.8 Å². The second kappa shape index (κ2) is 4.33. The molecule has 2 bridgehead atoms. The molecule has 3 saturated carbocycles. The lowest BCUT2D eigenvalue weighted by Gasteiger charge is -2.75. The molecule has 3 aliphatic carbocycles. The third kappa shape index (κ3) is 1.46. The highest BCUT2D eigenvalue weighted by Gasteiger charge is 2.82. The lowest BCUT2D eigenvalue weighted by molar-refractivity contribution is -0.225. The highest BCUT2D eigenvalue weighted by Crippen LogP contribution is 2.75. The molecule has 6 rings (SSSR count). The Morgan fingerprint density at radius 2 is 1.60 bits per heavy atom. The number of aliphatic carboxylic acids is 1. The summed E-state index contributed by atoms with van der Waals surface area (Å²) in [6.07, 6.45) is 4.19. The SMILES string of the molecule is O=C1c2ccccc2C(=O)N1C1C2(C(=O)O)CC1(c1ccncc1)C2. The van der Waals surface area contributed by atoms with E-state index in [1.54, 1.807) is 36.7 Å². The lowest BCUT2D eigenvalue weighted by atomic mass is 9.30. The van der Waals surface area contributed by atoms with Crippen LogP contribution in [0.15, 0.2) is 48.8 Å². The van der Waals surface area contributed by atoms with Gasteiger partial charge in [0.1, 0.15) is 0 Å². The van der Waals surface area contributed by atoms with Crippen LogP contribution in [0.25, 0.3) is 0 Å². The number of hydrogen-bond acceptors (Lipinski definition) is 4. The number of rotatable bonds is 3. The first kappa shape index (κ1) is 14.3. The molecule has 1 N–H and O–H groups in total. The van der Waals surface area contributed by atoms with Gasteiger partial charge in [-0.1, -0.05) is 12.1 Å². The molecule has 4 aliphatic rings. The van der Waals surface area contributed by atoms with Crippen molar-refractivity contribution >= 4 is 17.8 Å². The molecule has 1 aromatic heterocycles. The summed E-state index contributed by atoms with van der Waals surface area (Å²) < 4.78 is 0. The first-order chi connectivity index (χ1) is 12.0. The first-order valence-electron chi connectivity index (χ1n) is 8.12. The number of benzene rings is 1. The van der Waals surface area contributed by atoms with Crippen LogP contribution in [0.2, 0.25) is 0 Å². The van der Waals surface area contributed by atoms with Crippen molar-refractivity contribution in [3.8, 4) is 0 Å². The van der Waals surface area contributed by atoms with E-state index >= 15 is 0 Å². The van der Waals surface area contributed by atoms with Crippen LogP contribution in [0.1, 0.15) is 39.1 Å². The fourth-order valence-electron chi connectivity index (χ4n) is 4.98. The van der Waals surface area contributed by atoms with Crippen molar-refractivity contribution in [3.05, 3.63) is 65.5 Å². The lowest BCUT2D eigenvalue weighted by Crippen LogP contribution is -2.84. The Labute approximate surface area is 143 Å². The van der Waals surface area contributed by atoms with E-state index < -0.39 is 34.7 Å². The number of hydrogen-bond donors (Lipinski definition) is 1. The fourth-order valence-corrected chi connectivity index (χ4v) is 4.98. The molecule has 0 spiro atoms.